The number of aliphatic hydroxyl groups is 1. The van der Waals surface area contributed by atoms with Crippen molar-refractivity contribution in [2.45, 2.75) is 30.2 Å². The maximum Gasteiger partial charge on any atom is 0.317 e. The first kappa shape index (κ1) is 16.1. The standard InChI is InChI=1S/C15H21FN2O2S/c16-12-4-6-14(7-5-12)21-10-2-8-17-15(20)18-9-1-3-13(18)11-19/h4-7,13,19H,1-3,8-11H2,(H,17,20). The molecule has 1 aliphatic rings. The van der Waals surface area contributed by atoms with E-state index in [0.717, 1.165) is 36.5 Å². The van der Waals surface area contributed by atoms with Crippen LogP contribution in [0.3, 0.4) is 0 Å². The average Bonchev–Trinajstić information content (AvgIpc) is 2.97. The maximum atomic E-state index is 12.7. The molecule has 1 aromatic rings. The summed E-state index contributed by atoms with van der Waals surface area (Å²) in [4.78, 5) is 14.7. The third-order valence-electron chi connectivity index (χ3n) is 3.53. The Morgan fingerprint density at radius 3 is 2.90 bits per heavy atom. The van der Waals surface area contributed by atoms with Gasteiger partial charge in [0.2, 0.25) is 0 Å². The number of likely N-dealkylation sites (tertiary alicyclic amines) is 1. The molecular weight excluding hydrogens is 291 g/mol. The number of halogens is 1. The van der Waals surface area contributed by atoms with E-state index < -0.39 is 0 Å². The van der Waals surface area contributed by atoms with Crippen molar-refractivity contribution in [3.63, 3.8) is 0 Å². The summed E-state index contributed by atoms with van der Waals surface area (Å²) in [6.07, 6.45) is 2.69. The van der Waals surface area contributed by atoms with E-state index in [1.54, 1.807) is 28.8 Å². The Morgan fingerprint density at radius 2 is 2.19 bits per heavy atom. The minimum Gasteiger partial charge on any atom is -0.394 e. The number of nitrogens with zero attached hydrogens (tertiary/aromatic N) is 1. The number of carbonyl (C=O) groups excluding carboxylic acids is 1. The molecule has 116 valence electrons. The van der Waals surface area contributed by atoms with Gasteiger partial charge in [0.15, 0.2) is 0 Å². The minimum atomic E-state index is -0.226. The normalized spacial score (nSPS) is 18.0. The molecule has 2 amide bonds. The first-order chi connectivity index (χ1) is 10.2. The molecule has 1 aromatic carbocycles. The quantitative estimate of drug-likeness (QED) is 0.627. The van der Waals surface area contributed by atoms with E-state index in [1.165, 1.54) is 12.1 Å². The number of urea groups is 1. The zero-order valence-corrected chi connectivity index (χ0v) is 12.7. The Morgan fingerprint density at radius 1 is 1.43 bits per heavy atom. The second kappa shape index (κ2) is 8.24. The van der Waals surface area contributed by atoms with Gasteiger partial charge < -0.3 is 15.3 Å². The number of nitrogens with one attached hydrogen (secondary N) is 1. The Hall–Kier alpha value is -1.27. The fourth-order valence-electron chi connectivity index (χ4n) is 2.38. The second-order valence-corrected chi connectivity index (χ2v) is 6.23. The van der Waals surface area contributed by atoms with Gasteiger partial charge in [0.05, 0.1) is 12.6 Å². The molecule has 1 heterocycles. The SMILES string of the molecule is O=C(NCCCSc1ccc(F)cc1)N1CCCC1CO. The summed E-state index contributed by atoms with van der Waals surface area (Å²) in [5.41, 5.74) is 0. The smallest absolute Gasteiger partial charge is 0.317 e. The monoisotopic (exact) mass is 312 g/mol. The van der Waals surface area contributed by atoms with Crippen molar-refractivity contribution in [2.24, 2.45) is 0 Å². The van der Waals surface area contributed by atoms with Gasteiger partial charge in [-0.3, -0.25) is 0 Å². The summed E-state index contributed by atoms with van der Waals surface area (Å²) in [7, 11) is 0. The van der Waals surface area contributed by atoms with Crippen LogP contribution in [-0.4, -0.2) is 47.5 Å². The first-order valence-electron chi connectivity index (χ1n) is 7.24. The molecule has 1 unspecified atom stereocenters. The number of hydrogen-bond donors (Lipinski definition) is 2. The van der Waals surface area contributed by atoms with Crippen LogP contribution < -0.4 is 5.32 Å². The number of hydrogen-bond acceptors (Lipinski definition) is 3. The predicted molar refractivity (Wildman–Crippen MR) is 82.0 cm³/mol. The molecule has 0 bridgehead atoms. The second-order valence-electron chi connectivity index (χ2n) is 5.06. The van der Waals surface area contributed by atoms with E-state index in [9.17, 15) is 14.3 Å². The van der Waals surface area contributed by atoms with Crippen molar-refractivity contribution in [3.8, 4) is 0 Å². The number of aliphatic hydroxyl groups excluding tert-OH is 1. The molecule has 2 N–H and O–H groups in total. The topological polar surface area (TPSA) is 52.6 Å². The fourth-order valence-corrected chi connectivity index (χ4v) is 3.24. The van der Waals surface area contributed by atoms with Gasteiger partial charge in [-0.25, -0.2) is 9.18 Å². The summed E-state index contributed by atoms with van der Waals surface area (Å²) in [6, 6.07) is 6.31. The largest absolute Gasteiger partial charge is 0.394 e. The summed E-state index contributed by atoms with van der Waals surface area (Å²) in [5.74, 6) is 0.644. The molecule has 0 saturated carbocycles. The van der Waals surface area contributed by atoms with E-state index in [1.807, 2.05) is 0 Å². The van der Waals surface area contributed by atoms with Crippen LogP contribution in [-0.2, 0) is 0 Å². The summed E-state index contributed by atoms with van der Waals surface area (Å²) in [6.45, 7) is 1.37. The van der Waals surface area contributed by atoms with Gasteiger partial charge in [-0.1, -0.05) is 0 Å². The Kier molecular flexibility index (Phi) is 6.32. The molecule has 0 aliphatic carbocycles. The molecule has 2 rings (SSSR count). The van der Waals surface area contributed by atoms with Crippen molar-refractivity contribution < 1.29 is 14.3 Å². The zero-order valence-electron chi connectivity index (χ0n) is 11.9. The van der Waals surface area contributed by atoms with Gasteiger partial charge in [-0.15, -0.1) is 11.8 Å². The molecule has 6 heteroatoms. The highest BCUT2D eigenvalue weighted by Gasteiger charge is 2.27. The van der Waals surface area contributed by atoms with E-state index in [4.69, 9.17) is 0 Å². The maximum absolute atomic E-state index is 12.7. The Bertz CT molecular complexity index is 455. The van der Waals surface area contributed by atoms with Crippen molar-refractivity contribution in [1.29, 1.82) is 0 Å². The molecule has 1 aliphatic heterocycles. The van der Waals surface area contributed by atoms with Crippen LogP contribution in [0.1, 0.15) is 19.3 Å². The number of carbonyl (C=O) groups is 1. The summed E-state index contributed by atoms with van der Waals surface area (Å²) >= 11 is 1.65. The predicted octanol–water partition coefficient (Wildman–Crippen LogP) is 2.47. The number of amides is 2. The highest BCUT2D eigenvalue weighted by atomic mass is 32.2. The molecule has 4 nitrogen and oxygen atoms in total. The number of benzene rings is 1. The van der Waals surface area contributed by atoms with Crippen LogP contribution in [0.15, 0.2) is 29.2 Å². The van der Waals surface area contributed by atoms with Crippen LogP contribution in [0.4, 0.5) is 9.18 Å². The van der Waals surface area contributed by atoms with E-state index in [2.05, 4.69) is 5.32 Å². The fraction of sp³-hybridized carbons (Fsp3) is 0.533. The minimum absolute atomic E-state index is 0.0291. The molecule has 1 saturated heterocycles. The van der Waals surface area contributed by atoms with Gasteiger partial charge in [-0.2, -0.15) is 0 Å². The van der Waals surface area contributed by atoms with Crippen molar-refractivity contribution in [1.82, 2.24) is 10.2 Å². The Balaban J connectivity index is 1.61. The highest BCUT2D eigenvalue weighted by Crippen LogP contribution is 2.19. The molecule has 0 spiro atoms. The molecule has 21 heavy (non-hydrogen) atoms. The zero-order chi connectivity index (χ0) is 15.1. The Labute approximate surface area is 128 Å². The molecular formula is C15H21FN2O2S. The van der Waals surface area contributed by atoms with Gasteiger partial charge >= 0.3 is 6.03 Å². The van der Waals surface area contributed by atoms with Crippen LogP contribution in [0.2, 0.25) is 0 Å². The lowest BCUT2D eigenvalue weighted by molar-refractivity contribution is 0.157. The van der Waals surface area contributed by atoms with E-state index >= 15 is 0 Å². The van der Waals surface area contributed by atoms with Gasteiger partial charge in [0, 0.05) is 18.0 Å². The van der Waals surface area contributed by atoms with E-state index in [0.29, 0.717) is 6.54 Å². The van der Waals surface area contributed by atoms with Gasteiger partial charge in [0.25, 0.3) is 0 Å². The van der Waals surface area contributed by atoms with Gasteiger partial charge in [-0.05, 0) is 49.3 Å². The molecule has 1 fully saturated rings. The third-order valence-corrected chi connectivity index (χ3v) is 4.63. The summed E-state index contributed by atoms with van der Waals surface area (Å²) in [5, 5.41) is 12.1. The van der Waals surface area contributed by atoms with Crippen molar-refractivity contribution >= 4 is 17.8 Å². The van der Waals surface area contributed by atoms with Crippen LogP contribution >= 0.6 is 11.8 Å². The van der Waals surface area contributed by atoms with Crippen molar-refractivity contribution in [2.75, 3.05) is 25.4 Å². The van der Waals surface area contributed by atoms with Crippen LogP contribution in [0.25, 0.3) is 0 Å². The first-order valence-corrected chi connectivity index (χ1v) is 8.23. The molecule has 0 radical (unpaired) electrons. The van der Waals surface area contributed by atoms with Crippen molar-refractivity contribution in [3.05, 3.63) is 30.1 Å². The number of thioether (sulfide) groups is 1. The van der Waals surface area contributed by atoms with E-state index in [-0.39, 0.29) is 24.5 Å². The molecule has 0 aromatic heterocycles. The lowest BCUT2D eigenvalue weighted by Gasteiger charge is -2.23. The highest BCUT2D eigenvalue weighted by molar-refractivity contribution is 7.99. The summed E-state index contributed by atoms with van der Waals surface area (Å²) < 4.78 is 12.7. The van der Waals surface area contributed by atoms with Crippen LogP contribution in [0, 0.1) is 5.82 Å². The lowest BCUT2D eigenvalue weighted by Crippen LogP contribution is -2.44. The lowest BCUT2D eigenvalue weighted by atomic mass is 10.2. The molecule has 1 atom stereocenters. The number of rotatable bonds is 6. The average molecular weight is 312 g/mol. The third kappa shape index (κ3) is 4.89. The van der Waals surface area contributed by atoms with Crippen LogP contribution in [0.5, 0.6) is 0 Å². The van der Waals surface area contributed by atoms with Gasteiger partial charge in [0.1, 0.15) is 5.82 Å².